The van der Waals surface area contributed by atoms with Gasteiger partial charge in [0.25, 0.3) is 0 Å². The molecule has 0 atom stereocenters. The molecule has 0 radical (unpaired) electrons. The molecule has 0 bridgehead atoms. The van der Waals surface area contributed by atoms with Gasteiger partial charge in [-0.3, -0.25) is 9.55 Å². The van der Waals surface area contributed by atoms with Crippen LogP contribution in [0.5, 0.6) is 0 Å². The predicted molar refractivity (Wildman–Crippen MR) is 59.2 cm³/mol. The van der Waals surface area contributed by atoms with Crippen LogP contribution in [0.25, 0.3) is 0 Å². The number of thioether (sulfide) groups is 1. The SMILES string of the molecule is Cn1c(N)nnc1SCc1ccncc1. The number of pyridine rings is 1. The summed E-state index contributed by atoms with van der Waals surface area (Å²) in [6.45, 7) is 0. The first-order valence-electron chi connectivity index (χ1n) is 4.44. The summed E-state index contributed by atoms with van der Waals surface area (Å²) in [5, 5.41) is 8.58. The highest BCUT2D eigenvalue weighted by atomic mass is 32.2. The maximum absolute atomic E-state index is 5.58. The van der Waals surface area contributed by atoms with E-state index in [1.807, 2.05) is 19.2 Å². The van der Waals surface area contributed by atoms with Gasteiger partial charge in [-0.25, -0.2) is 0 Å². The fourth-order valence-corrected chi connectivity index (χ4v) is 1.95. The molecule has 0 unspecified atom stereocenters. The number of aromatic nitrogens is 4. The summed E-state index contributed by atoms with van der Waals surface area (Å²) in [7, 11) is 1.85. The highest BCUT2D eigenvalue weighted by Crippen LogP contribution is 2.20. The second-order valence-electron chi connectivity index (χ2n) is 3.04. The van der Waals surface area contributed by atoms with Crippen LogP contribution in [0.15, 0.2) is 29.7 Å². The van der Waals surface area contributed by atoms with Gasteiger partial charge in [-0.05, 0) is 17.7 Å². The minimum Gasteiger partial charge on any atom is -0.368 e. The lowest BCUT2D eigenvalue weighted by atomic mass is 10.3. The molecule has 2 N–H and O–H groups in total. The van der Waals surface area contributed by atoms with Crippen molar-refractivity contribution in [1.29, 1.82) is 0 Å². The van der Waals surface area contributed by atoms with E-state index in [1.165, 1.54) is 5.56 Å². The lowest BCUT2D eigenvalue weighted by Crippen LogP contribution is -1.98. The first-order valence-corrected chi connectivity index (χ1v) is 5.42. The minimum absolute atomic E-state index is 0.437. The first-order chi connectivity index (χ1) is 7.27. The van der Waals surface area contributed by atoms with Crippen LogP contribution in [0.3, 0.4) is 0 Å². The zero-order chi connectivity index (χ0) is 10.7. The van der Waals surface area contributed by atoms with Crippen LogP contribution in [-0.2, 0) is 12.8 Å². The number of nitrogen functional groups attached to an aromatic ring is 1. The third-order valence-corrected chi connectivity index (χ3v) is 3.08. The van der Waals surface area contributed by atoms with Gasteiger partial charge in [0.15, 0.2) is 5.16 Å². The zero-order valence-electron chi connectivity index (χ0n) is 8.29. The van der Waals surface area contributed by atoms with Gasteiger partial charge in [0.2, 0.25) is 5.95 Å². The second-order valence-corrected chi connectivity index (χ2v) is 3.99. The maximum atomic E-state index is 5.58. The van der Waals surface area contributed by atoms with Crippen molar-refractivity contribution in [3.8, 4) is 0 Å². The lowest BCUT2D eigenvalue weighted by Gasteiger charge is -2.00. The van der Waals surface area contributed by atoms with E-state index in [0.29, 0.717) is 5.95 Å². The Bertz CT molecular complexity index is 439. The standard InChI is InChI=1S/C9H11N5S/c1-14-8(10)12-13-9(14)15-6-7-2-4-11-5-3-7/h2-5H,6H2,1H3,(H2,10,12). The molecule has 2 aromatic rings. The molecule has 6 heteroatoms. The average Bonchev–Trinajstić information content (AvgIpc) is 2.59. The van der Waals surface area contributed by atoms with Crippen LogP contribution in [0.4, 0.5) is 5.95 Å². The molecular weight excluding hydrogens is 210 g/mol. The Morgan fingerprint density at radius 1 is 1.33 bits per heavy atom. The molecule has 15 heavy (non-hydrogen) atoms. The smallest absolute Gasteiger partial charge is 0.222 e. The van der Waals surface area contributed by atoms with Gasteiger partial charge >= 0.3 is 0 Å². The number of nitrogens with two attached hydrogens (primary N) is 1. The van der Waals surface area contributed by atoms with Crippen molar-refractivity contribution in [1.82, 2.24) is 19.7 Å². The molecule has 5 nitrogen and oxygen atoms in total. The summed E-state index contributed by atoms with van der Waals surface area (Å²) in [6.07, 6.45) is 3.56. The molecule has 0 fully saturated rings. The molecule has 0 spiro atoms. The lowest BCUT2D eigenvalue weighted by molar-refractivity contribution is 0.796. The molecule has 2 rings (SSSR count). The Balaban J connectivity index is 2.02. The van der Waals surface area contributed by atoms with Crippen molar-refractivity contribution in [2.75, 3.05) is 5.73 Å². The molecule has 0 aliphatic rings. The van der Waals surface area contributed by atoms with Crippen molar-refractivity contribution >= 4 is 17.7 Å². The van der Waals surface area contributed by atoms with Crippen LogP contribution in [0.2, 0.25) is 0 Å². The number of nitrogens with zero attached hydrogens (tertiary/aromatic N) is 4. The van der Waals surface area contributed by atoms with E-state index in [4.69, 9.17) is 5.73 Å². The average molecular weight is 221 g/mol. The minimum atomic E-state index is 0.437. The Hall–Kier alpha value is -1.56. The van der Waals surface area contributed by atoms with Gasteiger partial charge in [-0.2, -0.15) is 0 Å². The van der Waals surface area contributed by atoms with E-state index in [1.54, 1.807) is 28.7 Å². The summed E-state index contributed by atoms with van der Waals surface area (Å²) < 4.78 is 1.77. The molecule has 0 saturated carbocycles. The summed E-state index contributed by atoms with van der Waals surface area (Å²) in [4.78, 5) is 3.96. The first kappa shape index (κ1) is 9.97. The Morgan fingerprint density at radius 2 is 2.07 bits per heavy atom. The van der Waals surface area contributed by atoms with E-state index in [2.05, 4.69) is 15.2 Å². The maximum Gasteiger partial charge on any atom is 0.222 e. The third kappa shape index (κ3) is 2.27. The van der Waals surface area contributed by atoms with Crippen molar-refractivity contribution < 1.29 is 0 Å². The molecule has 0 aromatic carbocycles. The number of hydrogen-bond acceptors (Lipinski definition) is 5. The number of rotatable bonds is 3. The van der Waals surface area contributed by atoms with Crippen molar-refractivity contribution in [3.05, 3.63) is 30.1 Å². The normalized spacial score (nSPS) is 10.5. The summed E-state index contributed by atoms with van der Waals surface area (Å²) >= 11 is 1.60. The van der Waals surface area contributed by atoms with Crippen LogP contribution in [0, 0.1) is 0 Å². The van der Waals surface area contributed by atoms with Crippen molar-refractivity contribution in [3.63, 3.8) is 0 Å². The highest BCUT2D eigenvalue weighted by molar-refractivity contribution is 7.98. The fourth-order valence-electron chi connectivity index (χ4n) is 1.08. The van der Waals surface area contributed by atoms with E-state index < -0.39 is 0 Å². The molecule has 0 saturated heterocycles. The largest absolute Gasteiger partial charge is 0.368 e. The van der Waals surface area contributed by atoms with Crippen LogP contribution in [-0.4, -0.2) is 19.7 Å². The van der Waals surface area contributed by atoms with Crippen molar-refractivity contribution in [2.24, 2.45) is 7.05 Å². The molecule has 2 heterocycles. The Labute approximate surface area is 91.7 Å². The molecule has 0 aliphatic carbocycles. The third-order valence-electron chi connectivity index (χ3n) is 1.99. The highest BCUT2D eigenvalue weighted by Gasteiger charge is 2.05. The van der Waals surface area contributed by atoms with E-state index >= 15 is 0 Å². The van der Waals surface area contributed by atoms with Gasteiger partial charge in [0.1, 0.15) is 0 Å². The molecule has 2 aromatic heterocycles. The van der Waals surface area contributed by atoms with Gasteiger partial charge < -0.3 is 5.73 Å². The quantitative estimate of drug-likeness (QED) is 0.785. The molecular formula is C9H11N5S. The van der Waals surface area contributed by atoms with Gasteiger partial charge in [-0.1, -0.05) is 11.8 Å². The monoisotopic (exact) mass is 221 g/mol. The summed E-state index contributed by atoms with van der Waals surface area (Å²) in [5.74, 6) is 1.28. The summed E-state index contributed by atoms with van der Waals surface area (Å²) in [5.41, 5.74) is 6.78. The summed E-state index contributed by atoms with van der Waals surface area (Å²) in [6, 6.07) is 3.96. The van der Waals surface area contributed by atoms with Gasteiger partial charge in [-0.15, -0.1) is 10.2 Å². The topological polar surface area (TPSA) is 69.6 Å². The predicted octanol–water partition coefficient (Wildman–Crippen LogP) is 1.08. The van der Waals surface area contributed by atoms with Crippen molar-refractivity contribution in [2.45, 2.75) is 10.9 Å². The van der Waals surface area contributed by atoms with Crippen LogP contribution >= 0.6 is 11.8 Å². The fraction of sp³-hybridized carbons (Fsp3) is 0.222. The number of hydrogen-bond donors (Lipinski definition) is 1. The van der Waals surface area contributed by atoms with Gasteiger partial charge in [0, 0.05) is 25.2 Å². The van der Waals surface area contributed by atoms with E-state index in [-0.39, 0.29) is 0 Å². The molecule has 0 amide bonds. The number of anilines is 1. The van der Waals surface area contributed by atoms with Crippen LogP contribution < -0.4 is 5.73 Å². The molecule has 0 aliphatic heterocycles. The second kappa shape index (κ2) is 4.31. The van der Waals surface area contributed by atoms with E-state index in [9.17, 15) is 0 Å². The zero-order valence-corrected chi connectivity index (χ0v) is 9.11. The van der Waals surface area contributed by atoms with Gasteiger partial charge in [0.05, 0.1) is 0 Å². The van der Waals surface area contributed by atoms with E-state index in [0.717, 1.165) is 10.9 Å². The van der Waals surface area contributed by atoms with Crippen LogP contribution in [0.1, 0.15) is 5.56 Å². The Kier molecular flexibility index (Phi) is 2.86. The Morgan fingerprint density at radius 3 is 2.67 bits per heavy atom. The molecule has 78 valence electrons.